The molecule has 8 heteroatoms. The van der Waals surface area contributed by atoms with Gasteiger partial charge in [-0.15, -0.1) is 0 Å². The molecule has 2 aromatic carbocycles. The summed E-state index contributed by atoms with van der Waals surface area (Å²) in [6.45, 7) is 0.217. The van der Waals surface area contributed by atoms with Crippen LogP contribution in [0.3, 0.4) is 0 Å². The Morgan fingerprint density at radius 3 is 2.12 bits per heavy atom. The second-order valence-electron chi connectivity index (χ2n) is 8.57. The lowest BCUT2D eigenvalue weighted by atomic mass is 9.81. The molecule has 174 valence electrons. The van der Waals surface area contributed by atoms with E-state index >= 15 is 0 Å². The predicted molar refractivity (Wildman–Crippen MR) is 120 cm³/mol. The molecule has 0 heterocycles. The van der Waals surface area contributed by atoms with Crippen molar-refractivity contribution in [3.8, 4) is 11.1 Å². The quantitative estimate of drug-likeness (QED) is 0.529. The molecule has 0 atom stereocenters. The van der Waals surface area contributed by atoms with Crippen molar-refractivity contribution in [2.24, 2.45) is 11.8 Å². The lowest BCUT2D eigenvalue weighted by Gasteiger charge is -2.27. The third kappa shape index (κ3) is 5.51. The molecule has 2 aliphatic carbocycles. The van der Waals surface area contributed by atoms with Gasteiger partial charge in [0.2, 0.25) is 5.91 Å². The fraction of sp³-hybridized carbons (Fsp3) is 0.400. The Morgan fingerprint density at radius 2 is 1.52 bits per heavy atom. The van der Waals surface area contributed by atoms with E-state index in [1.54, 1.807) is 0 Å². The van der Waals surface area contributed by atoms with Crippen molar-refractivity contribution < 1.29 is 29.1 Å². The number of hydrogen-bond donors (Lipinski definition) is 3. The number of alkyl carbamates (subject to hydrolysis) is 1. The second kappa shape index (κ2) is 10.5. The minimum atomic E-state index is -1.14. The van der Waals surface area contributed by atoms with Crippen LogP contribution in [0.4, 0.5) is 4.79 Å². The summed E-state index contributed by atoms with van der Waals surface area (Å²) in [6, 6.07) is 16.4. The van der Waals surface area contributed by atoms with Crippen LogP contribution in [0.15, 0.2) is 48.5 Å². The highest BCUT2D eigenvalue weighted by Crippen LogP contribution is 2.44. The van der Waals surface area contributed by atoms with E-state index in [9.17, 15) is 14.4 Å². The fourth-order valence-corrected chi connectivity index (χ4v) is 4.76. The maximum absolute atomic E-state index is 12.4. The van der Waals surface area contributed by atoms with Gasteiger partial charge in [-0.05, 0) is 53.9 Å². The van der Waals surface area contributed by atoms with Gasteiger partial charge in [0.15, 0.2) is 6.61 Å². The molecule has 0 aliphatic heterocycles. The first-order valence-electron chi connectivity index (χ1n) is 11.2. The Bertz CT molecular complexity index is 970. The number of carboxylic acid groups (broad SMARTS) is 1. The van der Waals surface area contributed by atoms with Gasteiger partial charge in [-0.25, -0.2) is 15.1 Å². The lowest BCUT2D eigenvalue weighted by molar-refractivity contribution is -0.151. The highest BCUT2D eigenvalue weighted by molar-refractivity contribution is 5.79. The third-order valence-electron chi connectivity index (χ3n) is 6.46. The van der Waals surface area contributed by atoms with Gasteiger partial charge in [0.1, 0.15) is 6.61 Å². The maximum Gasteiger partial charge on any atom is 0.407 e. The van der Waals surface area contributed by atoms with Gasteiger partial charge in [0.25, 0.3) is 0 Å². The molecule has 4 rings (SSSR count). The number of aliphatic carboxylic acids is 1. The van der Waals surface area contributed by atoms with Crippen LogP contribution >= 0.6 is 0 Å². The van der Waals surface area contributed by atoms with Crippen molar-refractivity contribution in [2.75, 3.05) is 19.8 Å². The van der Waals surface area contributed by atoms with Crippen molar-refractivity contribution in [1.82, 2.24) is 10.8 Å². The van der Waals surface area contributed by atoms with Gasteiger partial charge in [-0.3, -0.25) is 9.63 Å². The Balaban J connectivity index is 1.20. The third-order valence-corrected chi connectivity index (χ3v) is 6.46. The first-order valence-corrected chi connectivity index (χ1v) is 11.2. The number of carbonyl (C=O) groups excluding carboxylic acids is 2. The Morgan fingerprint density at radius 1 is 0.909 bits per heavy atom. The standard InChI is InChI=1S/C25H28N2O6/c28-23(29)15-33-27-24(30)17-11-9-16(10-12-17)13-26-25(31)32-14-22-20-7-3-1-5-18(20)19-6-2-4-8-21(19)22/h1-8,16-17,22H,9-15H2,(H,26,31)(H,27,30)(H,28,29). The molecule has 0 unspecified atom stereocenters. The molecule has 0 bridgehead atoms. The number of ether oxygens (including phenoxy) is 1. The number of fused-ring (bicyclic) bond motifs is 3. The zero-order valence-electron chi connectivity index (χ0n) is 18.3. The van der Waals surface area contributed by atoms with Crippen LogP contribution in [0.5, 0.6) is 0 Å². The van der Waals surface area contributed by atoms with Crippen molar-refractivity contribution in [2.45, 2.75) is 31.6 Å². The van der Waals surface area contributed by atoms with Crippen LogP contribution in [-0.4, -0.2) is 42.8 Å². The van der Waals surface area contributed by atoms with Crippen LogP contribution in [0.25, 0.3) is 11.1 Å². The number of rotatable bonds is 8. The monoisotopic (exact) mass is 452 g/mol. The van der Waals surface area contributed by atoms with E-state index < -0.39 is 18.7 Å². The lowest BCUT2D eigenvalue weighted by Crippen LogP contribution is -2.37. The molecule has 0 saturated heterocycles. The van der Waals surface area contributed by atoms with Crippen molar-refractivity contribution in [3.05, 3.63) is 59.7 Å². The van der Waals surface area contributed by atoms with E-state index in [-0.39, 0.29) is 30.3 Å². The molecule has 0 radical (unpaired) electrons. The van der Waals surface area contributed by atoms with E-state index in [2.05, 4.69) is 39.9 Å². The normalized spacial score (nSPS) is 19.3. The Kier molecular flexibility index (Phi) is 7.24. The smallest absolute Gasteiger partial charge is 0.407 e. The summed E-state index contributed by atoms with van der Waals surface area (Å²) in [5.41, 5.74) is 6.93. The molecule has 2 aromatic rings. The van der Waals surface area contributed by atoms with Crippen molar-refractivity contribution >= 4 is 18.0 Å². The predicted octanol–water partition coefficient (Wildman–Crippen LogP) is 3.46. The summed E-state index contributed by atoms with van der Waals surface area (Å²) in [6.07, 6.45) is 2.48. The summed E-state index contributed by atoms with van der Waals surface area (Å²) in [5, 5.41) is 11.4. The van der Waals surface area contributed by atoms with Gasteiger partial charge < -0.3 is 15.2 Å². The van der Waals surface area contributed by atoms with E-state index in [1.807, 2.05) is 24.3 Å². The molecular weight excluding hydrogens is 424 g/mol. The van der Waals surface area contributed by atoms with E-state index in [0.29, 0.717) is 19.4 Å². The summed E-state index contributed by atoms with van der Waals surface area (Å²) >= 11 is 0. The zero-order chi connectivity index (χ0) is 23.2. The number of amides is 2. The summed E-state index contributed by atoms with van der Waals surface area (Å²) in [4.78, 5) is 39.5. The number of benzene rings is 2. The minimum Gasteiger partial charge on any atom is -0.479 e. The highest BCUT2D eigenvalue weighted by Gasteiger charge is 2.30. The molecule has 8 nitrogen and oxygen atoms in total. The second-order valence-corrected chi connectivity index (χ2v) is 8.57. The molecule has 2 amide bonds. The van der Waals surface area contributed by atoms with Crippen molar-refractivity contribution in [3.63, 3.8) is 0 Å². The first-order chi connectivity index (χ1) is 16.0. The summed E-state index contributed by atoms with van der Waals surface area (Å²) in [7, 11) is 0. The minimum absolute atomic E-state index is 0.0282. The van der Waals surface area contributed by atoms with Gasteiger partial charge in [0.05, 0.1) is 0 Å². The zero-order valence-corrected chi connectivity index (χ0v) is 18.3. The first kappa shape index (κ1) is 22.8. The van der Waals surface area contributed by atoms with Gasteiger partial charge in [-0.2, -0.15) is 0 Å². The fourth-order valence-electron chi connectivity index (χ4n) is 4.76. The Hall–Kier alpha value is -3.39. The Labute approximate surface area is 192 Å². The summed E-state index contributed by atoms with van der Waals surface area (Å²) in [5.74, 6) is -1.34. The van der Waals surface area contributed by atoms with E-state index in [1.165, 1.54) is 22.3 Å². The van der Waals surface area contributed by atoms with Crippen LogP contribution < -0.4 is 10.8 Å². The number of nitrogens with one attached hydrogen (secondary N) is 2. The van der Waals surface area contributed by atoms with Crippen LogP contribution in [0, 0.1) is 11.8 Å². The van der Waals surface area contributed by atoms with Gasteiger partial charge >= 0.3 is 12.1 Å². The molecule has 3 N–H and O–H groups in total. The van der Waals surface area contributed by atoms with E-state index in [0.717, 1.165) is 12.8 Å². The van der Waals surface area contributed by atoms with E-state index in [4.69, 9.17) is 9.84 Å². The molecule has 0 aromatic heterocycles. The number of carboxylic acids is 1. The molecule has 1 saturated carbocycles. The topological polar surface area (TPSA) is 114 Å². The number of carbonyl (C=O) groups is 3. The SMILES string of the molecule is O=C(O)CONC(=O)C1CCC(CNC(=O)OCC2c3ccccc3-c3ccccc32)CC1. The average Bonchev–Trinajstić information content (AvgIpc) is 3.15. The molecular formula is C25H28N2O6. The highest BCUT2D eigenvalue weighted by atomic mass is 16.7. The maximum atomic E-state index is 12.4. The van der Waals surface area contributed by atoms with Gasteiger partial charge in [0, 0.05) is 18.4 Å². The number of hydroxylamine groups is 1. The largest absolute Gasteiger partial charge is 0.479 e. The molecule has 2 aliphatic rings. The van der Waals surface area contributed by atoms with Crippen LogP contribution in [0.2, 0.25) is 0 Å². The van der Waals surface area contributed by atoms with Crippen LogP contribution in [0.1, 0.15) is 42.7 Å². The van der Waals surface area contributed by atoms with Crippen LogP contribution in [-0.2, 0) is 19.2 Å². The number of hydrogen-bond acceptors (Lipinski definition) is 5. The molecule has 0 spiro atoms. The average molecular weight is 453 g/mol. The summed E-state index contributed by atoms with van der Waals surface area (Å²) < 4.78 is 5.58. The molecule has 33 heavy (non-hydrogen) atoms. The molecule has 1 fully saturated rings. The van der Waals surface area contributed by atoms with Gasteiger partial charge in [-0.1, -0.05) is 48.5 Å². The van der Waals surface area contributed by atoms with Crippen molar-refractivity contribution in [1.29, 1.82) is 0 Å².